The molecule has 0 spiro atoms. The van der Waals surface area contributed by atoms with Crippen molar-refractivity contribution < 1.29 is 55.0 Å². The lowest BCUT2D eigenvalue weighted by atomic mass is 9.89. The van der Waals surface area contributed by atoms with Crippen LogP contribution >= 0.6 is 0 Å². The maximum absolute atomic E-state index is 13.6. The zero-order valence-electron chi connectivity index (χ0n) is 28.6. The number of carboxylic acids is 1. The molecule has 2 aliphatic heterocycles. The summed E-state index contributed by atoms with van der Waals surface area (Å²) in [7, 11) is -8.48. The van der Waals surface area contributed by atoms with E-state index in [9.17, 15) is 36.0 Å². The average molecular weight is 740 g/mol. The van der Waals surface area contributed by atoms with E-state index >= 15 is 0 Å². The predicted octanol–water partition coefficient (Wildman–Crippen LogP) is 4.14. The van der Waals surface area contributed by atoms with Gasteiger partial charge < -0.3 is 14.7 Å². The highest BCUT2D eigenvalue weighted by Crippen LogP contribution is 2.41. The number of rotatable bonds is 17. The minimum atomic E-state index is -4.37. The minimum Gasteiger partial charge on any atom is -0.481 e. The van der Waals surface area contributed by atoms with Gasteiger partial charge in [-0.25, -0.2) is 4.79 Å². The first-order valence-corrected chi connectivity index (χ1v) is 19.4. The number of imide groups is 2. The van der Waals surface area contributed by atoms with Crippen LogP contribution in [0.15, 0.2) is 47.8 Å². The number of unbranched alkanes of at least 4 members (excludes halogenated alkanes) is 2. The topological polar surface area (TPSA) is 216 Å². The molecule has 1 saturated heterocycles. The van der Waals surface area contributed by atoms with Crippen molar-refractivity contribution in [2.75, 3.05) is 42.6 Å². The second-order valence-corrected chi connectivity index (χ2v) is 16.1. The zero-order valence-corrected chi connectivity index (χ0v) is 30.3. The van der Waals surface area contributed by atoms with Crippen LogP contribution in [-0.4, -0.2) is 102 Å². The highest BCUT2D eigenvalue weighted by molar-refractivity contribution is 7.86. The van der Waals surface area contributed by atoms with Crippen LogP contribution in [0.3, 0.4) is 0 Å². The average Bonchev–Trinajstić information content (AvgIpc) is 3.00. The van der Waals surface area contributed by atoms with Crippen molar-refractivity contribution >= 4 is 55.3 Å². The summed E-state index contributed by atoms with van der Waals surface area (Å²) in [5.41, 5.74) is 1.13. The van der Waals surface area contributed by atoms with Gasteiger partial charge in [-0.1, -0.05) is 33.3 Å². The number of anilines is 1. The standard InChI is InChI=1S/C33H45N3O12S2/c1-5-34(16-9-19-49(42,43)44)24-13-15-25-23(21-28(33(2,3)4)48-27(25)22-24)12-14-26-30(39)35(17-8-6-7-11-29(37)38)32(41)36(31(26)40)18-10-20-50(45,46)47/h12-15,21-22H,5-11,16-20H2,1-4H3,(H,37,38)(H,42,43,44)(H,45,46,47). The number of hydrogen-bond donors (Lipinski definition) is 3. The fourth-order valence-electron chi connectivity index (χ4n) is 5.35. The van der Waals surface area contributed by atoms with Crippen molar-refractivity contribution in [3.05, 3.63) is 53.3 Å². The number of benzene rings is 1. The minimum absolute atomic E-state index is 0.0812. The number of barbiturate groups is 1. The van der Waals surface area contributed by atoms with E-state index in [2.05, 4.69) is 0 Å². The lowest BCUT2D eigenvalue weighted by Crippen LogP contribution is -2.56. The van der Waals surface area contributed by atoms with Gasteiger partial charge in [-0.05, 0) is 62.5 Å². The van der Waals surface area contributed by atoms with E-state index in [0.29, 0.717) is 48.6 Å². The SMILES string of the molecule is CCN(CCCS(=O)(=O)O)c1ccc2c(c1)OC(C(C)(C)C)=CC2=CC=C1C(=O)N(CCCCCC(=O)O)C(=O)N(CCCS(=O)(=O)O)C1=O. The molecule has 276 valence electrons. The quantitative estimate of drug-likeness (QED) is 0.0888. The van der Waals surface area contributed by atoms with Gasteiger partial charge in [0.25, 0.3) is 32.1 Å². The second kappa shape index (κ2) is 16.8. The lowest BCUT2D eigenvalue weighted by Gasteiger charge is -2.34. The molecule has 2 aliphatic rings. The van der Waals surface area contributed by atoms with Crippen molar-refractivity contribution in [1.82, 2.24) is 9.80 Å². The van der Waals surface area contributed by atoms with E-state index in [1.165, 1.54) is 6.08 Å². The van der Waals surface area contributed by atoms with Gasteiger partial charge in [0.15, 0.2) is 0 Å². The smallest absolute Gasteiger partial charge is 0.333 e. The molecule has 4 amide bonds. The maximum atomic E-state index is 13.6. The summed E-state index contributed by atoms with van der Waals surface area (Å²) in [4.78, 5) is 54.8. The van der Waals surface area contributed by atoms with Crippen LogP contribution in [-0.2, 0) is 34.6 Å². The first-order chi connectivity index (χ1) is 23.2. The van der Waals surface area contributed by atoms with Gasteiger partial charge in [0.05, 0.1) is 11.5 Å². The number of aliphatic carboxylic acids is 1. The molecule has 1 aromatic rings. The van der Waals surface area contributed by atoms with Gasteiger partial charge in [-0.15, -0.1) is 0 Å². The van der Waals surface area contributed by atoms with Crippen LogP contribution < -0.4 is 9.64 Å². The Hall–Kier alpha value is -4.06. The van der Waals surface area contributed by atoms with Crippen LogP contribution in [0.25, 0.3) is 5.57 Å². The summed E-state index contributed by atoms with van der Waals surface area (Å²) in [6.45, 7) is 8.15. The molecule has 0 saturated carbocycles. The molecule has 0 aromatic heterocycles. The number of nitrogens with zero attached hydrogens (tertiary/aromatic N) is 3. The molecule has 3 rings (SSSR count). The van der Waals surface area contributed by atoms with Gasteiger partial charge in [-0.2, -0.15) is 16.8 Å². The number of fused-ring (bicyclic) bond motifs is 1. The highest BCUT2D eigenvalue weighted by atomic mass is 32.2. The summed E-state index contributed by atoms with van der Waals surface area (Å²) in [6, 6.07) is 4.46. The lowest BCUT2D eigenvalue weighted by molar-refractivity contribution is -0.138. The Labute approximate surface area is 292 Å². The van der Waals surface area contributed by atoms with Crippen molar-refractivity contribution in [2.24, 2.45) is 5.41 Å². The van der Waals surface area contributed by atoms with E-state index in [1.807, 2.05) is 38.7 Å². The summed E-state index contributed by atoms with van der Waals surface area (Å²) < 4.78 is 69.6. The van der Waals surface area contributed by atoms with Crippen molar-refractivity contribution in [3.8, 4) is 5.75 Å². The van der Waals surface area contributed by atoms with Crippen molar-refractivity contribution in [3.63, 3.8) is 0 Å². The van der Waals surface area contributed by atoms with E-state index in [-0.39, 0.29) is 50.1 Å². The van der Waals surface area contributed by atoms with E-state index in [4.69, 9.17) is 18.9 Å². The third-order valence-electron chi connectivity index (χ3n) is 8.00. The van der Waals surface area contributed by atoms with Crippen molar-refractivity contribution in [2.45, 2.75) is 66.2 Å². The Morgan fingerprint density at radius 3 is 2.04 bits per heavy atom. The molecular formula is C33H45N3O12S2. The summed E-state index contributed by atoms with van der Waals surface area (Å²) in [6.07, 6.45) is 5.49. The first kappa shape index (κ1) is 40.4. The monoisotopic (exact) mass is 739 g/mol. The van der Waals surface area contributed by atoms with Gasteiger partial charge in [0, 0.05) is 55.3 Å². The Balaban J connectivity index is 2.01. The summed E-state index contributed by atoms with van der Waals surface area (Å²) in [5.74, 6) is -2.80. The van der Waals surface area contributed by atoms with E-state index in [1.54, 1.807) is 24.3 Å². The van der Waals surface area contributed by atoms with Crippen LogP contribution in [0.4, 0.5) is 10.5 Å². The zero-order chi connectivity index (χ0) is 37.4. The molecule has 17 heteroatoms. The summed E-state index contributed by atoms with van der Waals surface area (Å²) in [5, 5.41) is 8.90. The molecule has 50 heavy (non-hydrogen) atoms. The highest BCUT2D eigenvalue weighted by Gasteiger charge is 2.41. The van der Waals surface area contributed by atoms with Crippen molar-refractivity contribution in [1.29, 1.82) is 0 Å². The number of amides is 4. The van der Waals surface area contributed by atoms with E-state index < -0.39 is 55.2 Å². The maximum Gasteiger partial charge on any atom is 0.333 e. The molecule has 0 unspecified atom stereocenters. The Morgan fingerprint density at radius 1 is 0.880 bits per heavy atom. The van der Waals surface area contributed by atoms with Gasteiger partial charge in [-0.3, -0.25) is 33.3 Å². The Morgan fingerprint density at radius 2 is 1.48 bits per heavy atom. The Bertz CT molecular complexity index is 1790. The molecule has 0 atom stereocenters. The fourth-order valence-corrected chi connectivity index (χ4v) is 6.34. The van der Waals surface area contributed by atoms with E-state index in [0.717, 1.165) is 15.5 Å². The summed E-state index contributed by atoms with van der Waals surface area (Å²) >= 11 is 0. The first-order valence-electron chi connectivity index (χ1n) is 16.2. The molecule has 15 nitrogen and oxygen atoms in total. The largest absolute Gasteiger partial charge is 0.481 e. The number of carboxylic acid groups (broad SMARTS) is 1. The van der Waals surface area contributed by atoms with Gasteiger partial charge in [0.1, 0.15) is 17.1 Å². The molecule has 0 radical (unpaired) electrons. The van der Waals surface area contributed by atoms with Gasteiger partial charge >= 0.3 is 12.0 Å². The number of urea groups is 1. The molecule has 2 heterocycles. The Kier molecular flexibility index (Phi) is 13.5. The molecule has 3 N–H and O–H groups in total. The number of carbonyl (C=O) groups excluding carboxylic acids is 3. The molecule has 1 aromatic carbocycles. The number of ether oxygens (including phenoxy) is 1. The second-order valence-electron chi connectivity index (χ2n) is 13.0. The fraction of sp³-hybridized carbons (Fsp3) is 0.515. The molecule has 1 fully saturated rings. The number of hydrogen-bond acceptors (Lipinski definition) is 10. The van der Waals surface area contributed by atoms with Crippen LogP contribution in [0, 0.1) is 5.41 Å². The predicted molar refractivity (Wildman–Crippen MR) is 186 cm³/mol. The van der Waals surface area contributed by atoms with Crippen LogP contribution in [0.2, 0.25) is 0 Å². The molecule has 0 aliphatic carbocycles. The normalized spacial score (nSPS) is 17.2. The third-order valence-corrected chi connectivity index (χ3v) is 9.61. The van der Waals surface area contributed by atoms with Gasteiger partial charge in [0.2, 0.25) is 0 Å². The third kappa shape index (κ3) is 11.5. The number of allylic oxidation sites excluding steroid dienone is 5. The van der Waals surface area contributed by atoms with Crippen LogP contribution in [0.1, 0.15) is 71.8 Å². The molecule has 0 bridgehead atoms. The number of carbonyl (C=O) groups is 4. The molecular weight excluding hydrogens is 695 g/mol. The van der Waals surface area contributed by atoms with Crippen LogP contribution in [0.5, 0.6) is 5.75 Å².